The Bertz CT molecular complexity index is 679. The van der Waals surface area contributed by atoms with E-state index in [0.29, 0.717) is 6.04 Å². The quantitative estimate of drug-likeness (QED) is 0.878. The van der Waals surface area contributed by atoms with Crippen LogP contribution in [0.5, 0.6) is 0 Å². The molecular formula is C17H27N7S. The lowest BCUT2D eigenvalue weighted by atomic mass is 10.1. The van der Waals surface area contributed by atoms with E-state index < -0.39 is 0 Å². The normalized spacial score (nSPS) is 15.7. The topological polar surface area (TPSA) is 70.1 Å². The van der Waals surface area contributed by atoms with E-state index in [1.807, 2.05) is 25.9 Å². The van der Waals surface area contributed by atoms with Crippen LogP contribution in [-0.4, -0.2) is 53.2 Å². The third-order valence-corrected chi connectivity index (χ3v) is 5.16. The van der Waals surface area contributed by atoms with Crippen LogP contribution < -0.4 is 15.1 Å². The predicted octanol–water partition coefficient (Wildman–Crippen LogP) is 2.91. The van der Waals surface area contributed by atoms with Crippen molar-refractivity contribution >= 4 is 28.4 Å². The first kappa shape index (κ1) is 17.8. The molecule has 1 N–H and O–H groups in total. The van der Waals surface area contributed by atoms with Gasteiger partial charge in [-0.1, -0.05) is 13.8 Å². The van der Waals surface area contributed by atoms with Crippen LogP contribution in [0.15, 0.2) is 5.38 Å². The van der Waals surface area contributed by atoms with E-state index in [1.54, 1.807) is 11.3 Å². The molecule has 1 fully saturated rings. The van der Waals surface area contributed by atoms with Crippen molar-refractivity contribution in [1.29, 1.82) is 0 Å². The van der Waals surface area contributed by atoms with Gasteiger partial charge in [-0.3, -0.25) is 0 Å². The Kier molecular flexibility index (Phi) is 5.36. The van der Waals surface area contributed by atoms with Gasteiger partial charge in [-0.25, -0.2) is 4.98 Å². The average Bonchev–Trinajstić information content (AvgIpc) is 3.00. The van der Waals surface area contributed by atoms with Crippen LogP contribution in [-0.2, 0) is 0 Å². The van der Waals surface area contributed by atoms with E-state index in [-0.39, 0.29) is 5.92 Å². The maximum Gasteiger partial charge on any atom is 0.230 e. The molecule has 0 atom stereocenters. The van der Waals surface area contributed by atoms with Crippen molar-refractivity contribution < 1.29 is 0 Å². The predicted molar refractivity (Wildman–Crippen MR) is 104 cm³/mol. The minimum absolute atomic E-state index is 0.285. The van der Waals surface area contributed by atoms with E-state index in [2.05, 4.69) is 44.4 Å². The second-order valence-corrected chi connectivity index (χ2v) is 7.90. The molecule has 3 rings (SSSR count). The molecule has 1 aliphatic rings. The lowest BCUT2D eigenvalue weighted by Crippen LogP contribution is -2.40. The van der Waals surface area contributed by atoms with Crippen LogP contribution in [0.4, 0.5) is 17.0 Å². The van der Waals surface area contributed by atoms with Crippen LogP contribution in [0.1, 0.15) is 44.1 Å². The Morgan fingerprint density at radius 1 is 1.16 bits per heavy atom. The molecule has 25 heavy (non-hydrogen) atoms. The SMILES string of the molecule is Cc1csc(NC2CCN(c3nc(C(C)C)nc(N(C)C)n3)CC2)n1. The highest BCUT2D eigenvalue weighted by molar-refractivity contribution is 7.13. The Morgan fingerprint density at radius 2 is 1.88 bits per heavy atom. The van der Waals surface area contributed by atoms with Gasteiger partial charge >= 0.3 is 0 Å². The lowest BCUT2D eigenvalue weighted by molar-refractivity contribution is 0.517. The number of hydrogen-bond donors (Lipinski definition) is 1. The Morgan fingerprint density at radius 3 is 2.44 bits per heavy atom. The number of hydrogen-bond acceptors (Lipinski definition) is 8. The number of nitrogens with zero attached hydrogens (tertiary/aromatic N) is 6. The maximum atomic E-state index is 4.70. The van der Waals surface area contributed by atoms with Gasteiger partial charge in [-0.05, 0) is 19.8 Å². The van der Waals surface area contributed by atoms with E-state index >= 15 is 0 Å². The smallest absolute Gasteiger partial charge is 0.230 e. The molecular weight excluding hydrogens is 334 g/mol. The number of rotatable bonds is 5. The summed E-state index contributed by atoms with van der Waals surface area (Å²) in [7, 11) is 3.94. The lowest BCUT2D eigenvalue weighted by Gasteiger charge is -2.32. The first-order valence-corrected chi connectivity index (χ1v) is 9.67. The van der Waals surface area contributed by atoms with Crippen molar-refractivity contribution in [1.82, 2.24) is 19.9 Å². The first-order valence-electron chi connectivity index (χ1n) is 8.79. The van der Waals surface area contributed by atoms with Gasteiger partial charge in [-0.15, -0.1) is 11.3 Å². The summed E-state index contributed by atoms with van der Waals surface area (Å²) in [5.41, 5.74) is 1.08. The van der Waals surface area contributed by atoms with Gasteiger partial charge in [0.25, 0.3) is 0 Å². The number of aryl methyl sites for hydroxylation is 1. The highest BCUT2D eigenvalue weighted by Crippen LogP contribution is 2.23. The van der Waals surface area contributed by atoms with E-state index in [0.717, 1.165) is 54.5 Å². The van der Waals surface area contributed by atoms with E-state index in [1.165, 1.54) is 0 Å². The summed E-state index contributed by atoms with van der Waals surface area (Å²) in [6.07, 6.45) is 2.11. The number of nitrogens with one attached hydrogen (secondary N) is 1. The fourth-order valence-electron chi connectivity index (χ4n) is 2.79. The van der Waals surface area contributed by atoms with Crippen molar-refractivity contribution in [3.63, 3.8) is 0 Å². The Labute approximate surface area is 153 Å². The monoisotopic (exact) mass is 361 g/mol. The molecule has 0 spiro atoms. The summed E-state index contributed by atoms with van der Waals surface area (Å²) < 4.78 is 0. The molecule has 1 saturated heterocycles. The maximum absolute atomic E-state index is 4.70. The summed E-state index contributed by atoms with van der Waals surface area (Å²) >= 11 is 1.68. The second-order valence-electron chi connectivity index (χ2n) is 7.04. The molecule has 1 aliphatic heterocycles. The zero-order chi connectivity index (χ0) is 18.0. The van der Waals surface area contributed by atoms with Crippen LogP contribution in [0, 0.1) is 6.92 Å². The molecule has 0 bridgehead atoms. The fourth-order valence-corrected chi connectivity index (χ4v) is 3.55. The summed E-state index contributed by atoms with van der Waals surface area (Å²) in [6, 6.07) is 0.460. The third-order valence-electron chi connectivity index (χ3n) is 4.27. The number of piperidine rings is 1. The van der Waals surface area contributed by atoms with Crippen LogP contribution in [0.25, 0.3) is 0 Å². The van der Waals surface area contributed by atoms with Gasteiger partial charge in [0, 0.05) is 44.5 Å². The summed E-state index contributed by atoms with van der Waals surface area (Å²) in [5, 5.41) is 6.66. The molecule has 0 saturated carbocycles. The first-order chi connectivity index (χ1) is 11.9. The number of anilines is 3. The minimum Gasteiger partial charge on any atom is -0.359 e. The molecule has 0 radical (unpaired) electrons. The van der Waals surface area contributed by atoms with Crippen molar-refractivity contribution in [2.45, 2.75) is 45.6 Å². The minimum atomic E-state index is 0.285. The highest BCUT2D eigenvalue weighted by atomic mass is 32.1. The van der Waals surface area contributed by atoms with Crippen LogP contribution in [0.3, 0.4) is 0 Å². The average molecular weight is 362 g/mol. The Hall–Kier alpha value is -1.96. The van der Waals surface area contributed by atoms with Gasteiger partial charge in [0.15, 0.2) is 5.13 Å². The van der Waals surface area contributed by atoms with Crippen molar-refractivity contribution in [2.75, 3.05) is 42.3 Å². The molecule has 0 unspecified atom stereocenters. The van der Waals surface area contributed by atoms with Crippen molar-refractivity contribution in [3.05, 3.63) is 16.9 Å². The van der Waals surface area contributed by atoms with Crippen molar-refractivity contribution in [2.24, 2.45) is 0 Å². The van der Waals surface area contributed by atoms with Crippen molar-refractivity contribution in [3.8, 4) is 0 Å². The molecule has 2 aromatic rings. The highest BCUT2D eigenvalue weighted by Gasteiger charge is 2.23. The van der Waals surface area contributed by atoms with Gasteiger partial charge < -0.3 is 15.1 Å². The molecule has 8 heteroatoms. The van der Waals surface area contributed by atoms with Gasteiger partial charge in [-0.2, -0.15) is 15.0 Å². The summed E-state index contributed by atoms with van der Waals surface area (Å²) in [4.78, 5) is 22.6. The molecule has 7 nitrogen and oxygen atoms in total. The van der Waals surface area contributed by atoms with E-state index in [4.69, 9.17) is 4.98 Å². The van der Waals surface area contributed by atoms with Gasteiger partial charge in [0.1, 0.15) is 5.82 Å². The molecule has 136 valence electrons. The molecule has 0 aliphatic carbocycles. The standard InChI is InChI=1S/C17H27N7S/c1-11(2)14-20-15(23(4)5)22-16(21-14)24-8-6-13(7-9-24)19-17-18-12(3)10-25-17/h10-11,13H,6-9H2,1-5H3,(H,18,19). The van der Waals surface area contributed by atoms with Crippen LogP contribution >= 0.6 is 11.3 Å². The summed E-state index contributed by atoms with van der Waals surface area (Å²) in [6.45, 7) is 8.14. The van der Waals surface area contributed by atoms with Gasteiger partial charge in [0.05, 0.1) is 5.69 Å². The number of aromatic nitrogens is 4. The third kappa shape index (κ3) is 4.36. The molecule has 0 aromatic carbocycles. The number of thiazole rings is 1. The van der Waals surface area contributed by atoms with Crippen LogP contribution in [0.2, 0.25) is 0 Å². The van der Waals surface area contributed by atoms with E-state index in [9.17, 15) is 0 Å². The summed E-state index contributed by atoms with van der Waals surface area (Å²) in [5.74, 6) is 2.66. The zero-order valence-electron chi connectivity index (χ0n) is 15.7. The Balaban J connectivity index is 1.67. The van der Waals surface area contributed by atoms with Gasteiger partial charge in [0.2, 0.25) is 11.9 Å². The second kappa shape index (κ2) is 7.51. The fraction of sp³-hybridized carbons (Fsp3) is 0.647. The molecule has 3 heterocycles. The molecule has 2 aromatic heterocycles. The molecule has 0 amide bonds. The largest absolute Gasteiger partial charge is 0.359 e. The zero-order valence-corrected chi connectivity index (χ0v) is 16.5.